The van der Waals surface area contributed by atoms with Crippen LogP contribution < -0.4 is 10.6 Å². The normalized spacial score (nSPS) is 14.2. The Morgan fingerprint density at radius 1 is 1.26 bits per heavy atom. The minimum Gasteiger partial charge on any atom is -0.385 e. The van der Waals surface area contributed by atoms with Crippen LogP contribution in [0.4, 0.5) is 5.69 Å². The lowest BCUT2D eigenvalue weighted by molar-refractivity contribution is 0.0951. The first-order valence-corrected chi connectivity index (χ1v) is 8.32. The molecule has 0 aromatic heterocycles. The van der Waals surface area contributed by atoms with E-state index >= 15 is 0 Å². The average Bonchev–Trinajstić information content (AvgIpc) is 3.23. The number of rotatable bonds is 8. The third-order valence-electron chi connectivity index (χ3n) is 3.16. The van der Waals surface area contributed by atoms with Gasteiger partial charge in [0.25, 0.3) is 5.91 Å². The number of hydrogen-bond acceptors (Lipinski definition) is 3. The number of thioether (sulfide) groups is 1. The lowest BCUT2D eigenvalue weighted by atomic mass is 10.2. The van der Waals surface area contributed by atoms with Gasteiger partial charge in [-0.15, -0.1) is 0 Å². The second kappa shape index (κ2) is 7.43. The Kier molecular flexibility index (Phi) is 5.58. The van der Waals surface area contributed by atoms with Crippen molar-refractivity contribution in [2.45, 2.75) is 31.7 Å². The molecule has 0 bridgehead atoms. The van der Waals surface area contributed by atoms with E-state index in [1.165, 1.54) is 18.6 Å². The van der Waals surface area contributed by atoms with E-state index in [0.29, 0.717) is 6.04 Å². The number of hydrogen-bond donors (Lipinski definition) is 2. The van der Waals surface area contributed by atoms with Crippen LogP contribution in [0, 0.1) is 0 Å². The number of carbonyl (C=O) groups is 1. The van der Waals surface area contributed by atoms with Crippen LogP contribution in [0.2, 0.25) is 0 Å². The maximum Gasteiger partial charge on any atom is 0.251 e. The topological polar surface area (TPSA) is 41.1 Å². The van der Waals surface area contributed by atoms with E-state index in [4.69, 9.17) is 0 Å². The summed E-state index contributed by atoms with van der Waals surface area (Å²) in [5.74, 6) is 1.27. The molecule has 104 valence electrons. The van der Waals surface area contributed by atoms with E-state index in [1.54, 1.807) is 0 Å². The van der Waals surface area contributed by atoms with Gasteiger partial charge in [-0.1, -0.05) is 0 Å². The molecule has 19 heavy (non-hydrogen) atoms. The third kappa shape index (κ3) is 5.15. The molecule has 2 N–H and O–H groups in total. The van der Waals surface area contributed by atoms with Gasteiger partial charge in [-0.05, 0) is 62.0 Å². The van der Waals surface area contributed by atoms with E-state index in [2.05, 4.69) is 16.9 Å². The highest BCUT2D eigenvalue weighted by Gasteiger charge is 2.23. The highest BCUT2D eigenvalue weighted by molar-refractivity contribution is 7.98. The second-order valence-corrected chi connectivity index (χ2v) is 5.94. The van der Waals surface area contributed by atoms with Gasteiger partial charge >= 0.3 is 0 Å². The van der Waals surface area contributed by atoms with Crippen molar-refractivity contribution in [2.75, 3.05) is 23.9 Å². The smallest absolute Gasteiger partial charge is 0.251 e. The summed E-state index contributed by atoms with van der Waals surface area (Å²) in [4.78, 5) is 11.8. The van der Waals surface area contributed by atoms with Crippen molar-refractivity contribution >= 4 is 23.4 Å². The highest BCUT2D eigenvalue weighted by atomic mass is 32.2. The zero-order valence-electron chi connectivity index (χ0n) is 11.4. The first-order chi connectivity index (χ1) is 9.29. The molecule has 1 aliphatic carbocycles. The molecule has 0 saturated heterocycles. The maximum absolute atomic E-state index is 11.8. The van der Waals surface area contributed by atoms with Crippen molar-refractivity contribution in [2.24, 2.45) is 0 Å². The van der Waals surface area contributed by atoms with Gasteiger partial charge in [0.15, 0.2) is 0 Å². The average molecular weight is 278 g/mol. The number of anilines is 1. The standard InChI is InChI=1S/C15H22N2OS/c1-19-11-3-2-10-16-13-6-4-12(5-7-13)15(18)17-14-8-9-14/h4-7,14,16H,2-3,8-11H2,1H3,(H,17,18). The molecule has 0 atom stereocenters. The van der Waals surface area contributed by atoms with Crippen molar-refractivity contribution < 1.29 is 4.79 Å². The summed E-state index contributed by atoms with van der Waals surface area (Å²) in [6, 6.07) is 8.16. The molecule has 1 saturated carbocycles. The highest BCUT2D eigenvalue weighted by Crippen LogP contribution is 2.19. The molecular formula is C15H22N2OS. The quantitative estimate of drug-likeness (QED) is 0.718. The first kappa shape index (κ1) is 14.3. The van der Waals surface area contributed by atoms with E-state index < -0.39 is 0 Å². The summed E-state index contributed by atoms with van der Waals surface area (Å²) in [6.45, 7) is 0.994. The van der Waals surface area contributed by atoms with Crippen LogP contribution in [0.25, 0.3) is 0 Å². The molecule has 3 nitrogen and oxygen atoms in total. The maximum atomic E-state index is 11.8. The fourth-order valence-corrected chi connectivity index (χ4v) is 2.33. The largest absolute Gasteiger partial charge is 0.385 e. The fourth-order valence-electron chi connectivity index (χ4n) is 1.84. The molecule has 1 aliphatic rings. The van der Waals surface area contributed by atoms with Crippen LogP contribution in [-0.4, -0.2) is 30.5 Å². The van der Waals surface area contributed by atoms with E-state index in [0.717, 1.165) is 30.6 Å². The monoisotopic (exact) mass is 278 g/mol. The Balaban J connectivity index is 1.72. The predicted octanol–water partition coefficient (Wildman–Crippen LogP) is 3.13. The lowest BCUT2D eigenvalue weighted by Crippen LogP contribution is -2.25. The minimum atomic E-state index is 0.0500. The van der Waals surface area contributed by atoms with Gasteiger partial charge in [-0.25, -0.2) is 0 Å². The molecule has 2 rings (SSSR count). The van der Waals surface area contributed by atoms with Crippen LogP contribution in [0.3, 0.4) is 0 Å². The predicted molar refractivity (Wildman–Crippen MR) is 83.0 cm³/mol. The number of amides is 1. The fraction of sp³-hybridized carbons (Fsp3) is 0.533. The van der Waals surface area contributed by atoms with Crippen LogP contribution in [-0.2, 0) is 0 Å². The van der Waals surface area contributed by atoms with Crippen molar-refractivity contribution in [1.82, 2.24) is 5.32 Å². The molecular weight excluding hydrogens is 256 g/mol. The van der Waals surface area contributed by atoms with Gasteiger partial charge < -0.3 is 10.6 Å². The van der Waals surface area contributed by atoms with Crippen molar-refractivity contribution in [3.8, 4) is 0 Å². The summed E-state index contributed by atoms with van der Waals surface area (Å²) in [5, 5.41) is 6.38. The zero-order valence-corrected chi connectivity index (χ0v) is 12.3. The van der Waals surface area contributed by atoms with Crippen LogP contribution in [0.5, 0.6) is 0 Å². The first-order valence-electron chi connectivity index (χ1n) is 6.93. The Bertz CT molecular complexity index is 401. The number of carbonyl (C=O) groups excluding carboxylic acids is 1. The van der Waals surface area contributed by atoms with Gasteiger partial charge in [-0.3, -0.25) is 4.79 Å². The Labute approximate surface area is 119 Å². The van der Waals surface area contributed by atoms with E-state index in [9.17, 15) is 4.79 Å². The van der Waals surface area contributed by atoms with Crippen LogP contribution in [0.1, 0.15) is 36.0 Å². The summed E-state index contributed by atoms with van der Waals surface area (Å²) >= 11 is 1.89. The van der Waals surface area contributed by atoms with E-state index in [-0.39, 0.29) is 5.91 Å². The molecule has 0 spiro atoms. The molecule has 4 heteroatoms. The van der Waals surface area contributed by atoms with Gasteiger partial charge in [0.1, 0.15) is 0 Å². The zero-order chi connectivity index (χ0) is 13.5. The van der Waals surface area contributed by atoms with Gasteiger partial charge in [-0.2, -0.15) is 11.8 Å². The minimum absolute atomic E-state index is 0.0500. The summed E-state index contributed by atoms with van der Waals surface area (Å²) in [7, 11) is 0. The van der Waals surface area contributed by atoms with E-state index in [1.807, 2.05) is 36.0 Å². The molecule has 0 heterocycles. The van der Waals surface area contributed by atoms with Crippen LogP contribution in [0.15, 0.2) is 24.3 Å². The molecule has 1 aromatic rings. The number of benzene rings is 1. The molecule has 0 aliphatic heterocycles. The number of nitrogens with one attached hydrogen (secondary N) is 2. The Morgan fingerprint density at radius 2 is 2.00 bits per heavy atom. The summed E-state index contributed by atoms with van der Waals surface area (Å²) < 4.78 is 0. The molecule has 1 amide bonds. The van der Waals surface area contributed by atoms with Gasteiger partial charge in [0.2, 0.25) is 0 Å². The van der Waals surface area contributed by atoms with Crippen LogP contribution >= 0.6 is 11.8 Å². The lowest BCUT2D eigenvalue weighted by Gasteiger charge is -2.07. The van der Waals surface area contributed by atoms with Crippen molar-refractivity contribution in [3.63, 3.8) is 0 Å². The third-order valence-corrected chi connectivity index (χ3v) is 3.86. The summed E-state index contributed by atoms with van der Waals surface area (Å²) in [5.41, 5.74) is 1.84. The Hall–Kier alpha value is -1.16. The molecule has 1 aromatic carbocycles. The SMILES string of the molecule is CSCCCCNc1ccc(C(=O)NC2CC2)cc1. The van der Waals surface area contributed by atoms with Crippen molar-refractivity contribution in [3.05, 3.63) is 29.8 Å². The molecule has 1 fully saturated rings. The van der Waals surface area contributed by atoms with Gasteiger partial charge in [0.05, 0.1) is 0 Å². The molecule has 0 unspecified atom stereocenters. The molecule has 0 radical (unpaired) electrons. The number of unbranched alkanes of at least 4 members (excludes halogenated alkanes) is 1. The Morgan fingerprint density at radius 3 is 2.63 bits per heavy atom. The summed E-state index contributed by atoms with van der Waals surface area (Å²) in [6.07, 6.45) is 6.82. The van der Waals surface area contributed by atoms with Crippen molar-refractivity contribution in [1.29, 1.82) is 0 Å². The second-order valence-electron chi connectivity index (χ2n) is 4.95. The van der Waals surface area contributed by atoms with Gasteiger partial charge in [0, 0.05) is 23.8 Å².